The number of methoxy groups -OCH3 is 1. The van der Waals surface area contributed by atoms with Crippen LogP contribution in [0, 0.1) is 5.82 Å². The molecule has 0 atom stereocenters. The number of nitrogens with one attached hydrogen (secondary N) is 1. The van der Waals surface area contributed by atoms with E-state index in [4.69, 9.17) is 9.47 Å². The third kappa shape index (κ3) is 5.47. The van der Waals surface area contributed by atoms with E-state index in [1.165, 1.54) is 23.9 Å². The first-order valence-electron chi connectivity index (χ1n) is 8.96. The van der Waals surface area contributed by atoms with Crippen molar-refractivity contribution in [3.05, 3.63) is 60.2 Å². The lowest BCUT2D eigenvalue weighted by Gasteiger charge is -2.10. The van der Waals surface area contributed by atoms with Crippen LogP contribution in [0.5, 0.6) is 11.5 Å². The van der Waals surface area contributed by atoms with E-state index < -0.39 is 5.82 Å². The van der Waals surface area contributed by atoms with Gasteiger partial charge in [-0.2, -0.15) is 0 Å². The van der Waals surface area contributed by atoms with Gasteiger partial charge >= 0.3 is 0 Å². The zero-order valence-corrected chi connectivity index (χ0v) is 16.9. The van der Waals surface area contributed by atoms with Crippen LogP contribution in [0.2, 0.25) is 0 Å². The van der Waals surface area contributed by atoms with Gasteiger partial charge in [0.15, 0.2) is 11.0 Å². The van der Waals surface area contributed by atoms with Crippen molar-refractivity contribution in [1.29, 1.82) is 0 Å². The zero-order chi connectivity index (χ0) is 20.6. The molecule has 1 heterocycles. The molecule has 0 aliphatic rings. The Kier molecular flexibility index (Phi) is 7.07. The summed E-state index contributed by atoms with van der Waals surface area (Å²) in [6.45, 7) is 2.82. The molecule has 3 aromatic rings. The van der Waals surface area contributed by atoms with Crippen molar-refractivity contribution < 1.29 is 18.7 Å². The summed E-state index contributed by atoms with van der Waals surface area (Å²) >= 11 is 1.23. The fraction of sp³-hybridized carbons (Fsp3) is 0.250. The van der Waals surface area contributed by atoms with Crippen LogP contribution < -0.4 is 14.8 Å². The minimum Gasteiger partial charge on any atom is -0.497 e. The molecule has 0 unspecified atom stereocenters. The van der Waals surface area contributed by atoms with Gasteiger partial charge in [-0.15, -0.1) is 10.2 Å². The number of carbonyl (C=O) groups is 1. The maximum atomic E-state index is 13.6. The van der Waals surface area contributed by atoms with Gasteiger partial charge in [-0.3, -0.25) is 4.79 Å². The van der Waals surface area contributed by atoms with Crippen molar-refractivity contribution in [1.82, 2.24) is 14.8 Å². The van der Waals surface area contributed by atoms with E-state index in [0.29, 0.717) is 29.0 Å². The smallest absolute Gasteiger partial charge is 0.234 e. The third-order valence-electron chi connectivity index (χ3n) is 4.00. The van der Waals surface area contributed by atoms with Gasteiger partial charge in [-0.1, -0.05) is 30.0 Å². The Morgan fingerprint density at radius 3 is 2.72 bits per heavy atom. The van der Waals surface area contributed by atoms with E-state index in [2.05, 4.69) is 15.5 Å². The van der Waals surface area contributed by atoms with Gasteiger partial charge in [0.25, 0.3) is 0 Å². The molecule has 1 aromatic heterocycles. The second-order valence-electron chi connectivity index (χ2n) is 5.93. The van der Waals surface area contributed by atoms with E-state index in [0.717, 1.165) is 0 Å². The van der Waals surface area contributed by atoms with Crippen LogP contribution in [0.15, 0.2) is 53.7 Å². The molecule has 0 saturated heterocycles. The molecular formula is C20H21FN4O3S. The molecule has 0 aliphatic heterocycles. The maximum Gasteiger partial charge on any atom is 0.234 e. The van der Waals surface area contributed by atoms with E-state index in [-0.39, 0.29) is 24.0 Å². The fourth-order valence-electron chi connectivity index (χ4n) is 2.57. The Labute approximate surface area is 172 Å². The Morgan fingerprint density at radius 1 is 1.17 bits per heavy atom. The molecule has 152 valence electrons. The standard InChI is InChI=1S/C20H21FN4O3S/c1-3-25-18(12-28-15-8-6-7-14(11-15)27-2)23-24-20(25)29-13-19(26)22-17-10-5-4-9-16(17)21/h4-11H,3,12-13H2,1-2H3,(H,22,26). The molecule has 0 fully saturated rings. The van der Waals surface area contributed by atoms with Crippen LogP contribution >= 0.6 is 11.8 Å². The molecule has 2 aromatic carbocycles. The number of aromatic nitrogens is 3. The first-order valence-corrected chi connectivity index (χ1v) is 9.95. The number of benzene rings is 2. The van der Waals surface area contributed by atoms with Gasteiger partial charge in [-0.25, -0.2) is 4.39 Å². The van der Waals surface area contributed by atoms with E-state index in [1.807, 2.05) is 29.7 Å². The number of thioether (sulfide) groups is 1. The predicted molar refractivity (Wildman–Crippen MR) is 109 cm³/mol. The van der Waals surface area contributed by atoms with Gasteiger partial charge in [-0.05, 0) is 31.2 Å². The topological polar surface area (TPSA) is 78.3 Å². The number of anilines is 1. The lowest BCUT2D eigenvalue weighted by Crippen LogP contribution is -2.15. The van der Waals surface area contributed by atoms with Crippen LogP contribution in [0.25, 0.3) is 0 Å². The van der Waals surface area contributed by atoms with E-state index in [9.17, 15) is 9.18 Å². The number of amides is 1. The Hall–Kier alpha value is -3.07. The highest BCUT2D eigenvalue weighted by molar-refractivity contribution is 7.99. The molecule has 9 heteroatoms. The summed E-state index contributed by atoms with van der Waals surface area (Å²) in [5.41, 5.74) is 0.155. The van der Waals surface area contributed by atoms with Crippen molar-refractivity contribution >= 4 is 23.4 Å². The number of ether oxygens (including phenoxy) is 2. The van der Waals surface area contributed by atoms with Crippen molar-refractivity contribution in [3.8, 4) is 11.5 Å². The van der Waals surface area contributed by atoms with Crippen molar-refractivity contribution in [2.24, 2.45) is 0 Å². The second-order valence-corrected chi connectivity index (χ2v) is 6.87. The molecule has 0 spiro atoms. The summed E-state index contributed by atoms with van der Waals surface area (Å²) in [6.07, 6.45) is 0. The summed E-state index contributed by atoms with van der Waals surface area (Å²) in [4.78, 5) is 12.1. The SMILES string of the molecule is CCn1c(COc2cccc(OC)c2)nnc1SCC(=O)Nc1ccccc1F. The number of hydrogen-bond acceptors (Lipinski definition) is 6. The highest BCUT2D eigenvalue weighted by Crippen LogP contribution is 2.22. The summed E-state index contributed by atoms with van der Waals surface area (Å²) in [7, 11) is 1.60. The zero-order valence-electron chi connectivity index (χ0n) is 16.1. The van der Waals surface area contributed by atoms with E-state index in [1.54, 1.807) is 25.3 Å². The molecule has 3 rings (SSSR count). The van der Waals surface area contributed by atoms with Crippen LogP contribution in [0.3, 0.4) is 0 Å². The van der Waals surface area contributed by atoms with E-state index >= 15 is 0 Å². The minimum atomic E-state index is -0.473. The minimum absolute atomic E-state index is 0.0865. The van der Waals surface area contributed by atoms with Crippen LogP contribution in [-0.2, 0) is 17.9 Å². The summed E-state index contributed by atoms with van der Waals surface area (Å²) in [5.74, 6) is 1.31. The highest BCUT2D eigenvalue weighted by Gasteiger charge is 2.14. The predicted octanol–water partition coefficient (Wildman–Crippen LogP) is 3.76. The fourth-order valence-corrected chi connectivity index (χ4v) is 3.39. The number of halogens is 1. The summed E-state index contributed by atoms with van der Waals surface area (Å²) < 4.78 is 26.5. The molecule has 29 heavy (non-hydrogen) atoms. The molecule has 0 saturated carbocycles. The molecule has 0 aliphatic carbocycles. The van der Waals surface area contributed by atoms with Gasteiger partial charge in [0.1, 0.15) is 23.9 Å². The van der Waals surface area contributed by atoms with Crippen molar-refractivity contribution in [3.63, 3.8) is 0 Å². The average Bonchev–Trinajstić information content (AvgIpc) is 3.14. The second kappa shape index (κ2) is 9.92. The molecule has 0 bridgehead atoms. The van der Waals surface area contributed by atoms with Crippen LogP contribution in [0.1, 0.15) is 12.7 Å². The molecule has 1 N–H and O–H groups in total. The van der Waals surface area contributed by atoms with Gasteiger partial charge in [0.05, 0.1) is 18.6 Å². The monoisotopic (exact) mass is 416 g/mol. The normalized spacial score (nSPS) is 10.6. The Balaban J connectivity index is 1.58. The first kappa shape index (κ1) is 20.7. The molecular weight excluding hydrogens is 395 g/mol. The number of rotatable bonds is 9. The van der Waals surface area contributed by atoms with Crippen molar-refractivity contribution in [2.75, 3.05) is 18.2 Å². The highest BCUT2D eigenvalue weighted by atomic mass is 32.2. The number of carbonyl (C=O) groups excluding carboxylic acids is 1. The summed E-state index contributed by atoms with van der Waals surface area (Å²) in [5, 5.41) is 11.5. The molecule has 1 amide bonds. The lowest BCUT2D eigenvalue weighted by molar-refractivity contribution is -0.113. The Bertz CT molecular complexity index is 980. The maximum absolute atomic E-state index is 13.6. The van der Waals surface area contributed by atoms with Gasteiger partial charge in [0.2, 0.25) is 5.91 Å². The van der Waals surface area contributed by atoms with Crippen LogP contribution in [0.4, 0.5) is 10.1 Å². The third-order valence-corrected chi connectivity index (χ3v) is 4.97. The number of hydrogen-bond donors (Lipinski definition) is 1. The average molecular weight is 416 g/mol. The number of para-hydroxylation sites is 1. The van der Waals surface area contributed by atoms with Crippen molar-refractivity contribution in [2.45, 2.75) is 25.2 Å². The van der Waals surface area contributed by atoms with Gasteiger partial charge in [0, 0.05) is 12.6 Å². The largest absolute Gasteiger partial charge is 0.497 e. The first-order chi connectivity index (χ1) is 14.1. The molecule has 0 radical (unpaired) electrons. The van der Waals surface area contributed by atoms with Crippen LogP contribution in [-0.4, -0.2) is 33.5 Å². The molecule has 7 nitrogen and oxygen atoms in total. The number of nitrogens with zero attached hydrogens (tertiary/aromatic N) is 3. The van der Waals surface area contributed by atoms with Gasteiger partial charge < -0.3 is 19.4 Å². The quantitative estimate of drug-likeness (QED) is 0.535. The Morgan fingerprint density at radius 2 is 1.97 bits per heavy atom. The summed E-state index contributed by atoms with van der Waals surface area (Å²) in [6, 6.07) is 13.3. The lowest BCUT2D eigenvalue weighted by atomic mass is 10.3.